The van der Waals surface area contributed by atoms with Gasteiger partial charge in [0.05, 0.1) is 11.0 Å². The second kappa shape index (κ2) is 5.20. The van der Waals surface area contributed by atoms with E-state index in [1.165, 1.54) is 4.31 Å². The summed E-state index contributed by atoms with van der Waals surface area (Å²) in [7, 11) is -3.41. The molecule has 88 valence electrons. The number of nitrogens with zero attached hydrogens (tertiary/aromatic N) is 1. The maximum atomic E-state index is 11.8. The van der Waals surface area contributed by atoms with E-state index in [2.05, 4.69) is 4.72 Å². The van der Waals surface area contributed by atoms with Crippen LogP contribution < -0.4 is 10.5 Å². The monoisotopic (exact) mass is 251 g/mol. The van der Waals surface area contributed by atoms with Gasteiger partial charge in [0.25, 0.3) is 10.2 Å². The van der Waals surface area contributed by atoms with Crippen molar-refractivity contribution in [2.45, 2.75) is 32.2 Å². The van der Waals surface area contributed by atoms with E-state index in [1.807, 2.05) is 0 Å². The maximum absolute atomic E-state index is 11.8. The van der Waals surface area contributed by atoms with E-state index in [0.29, 0.717) is 13.1 Å². The molecule has 0 bridgehead atoms. The average Bonchev–Trinajstić information content (AvgIpc) is 2.17. The first-order valence-electron chi connectivity index (χ1n) is 5.04. The molecule has 0 spiro atoms. The summed E-state index contributed by atoms with van der Waals surface area (Å²) in [6.07, 6.45) is 2.56. The van der Waals surface area contributed by atoms with Gasteiger partial charge in [-0.1, -0.05) is 25.6 Å². The van der Waals surface area contributed by atoms with Crippen LogP contribution in [0.3, 0.4) is 0 Å². The van der Waals surface area contributed by atoms with Gasteiger partial charge >= 0.3 is 0 Å². The van der Waals surface area contributed by atoms with Crippen LogP contribution in [0, 0.1) is 0 Å². The van der Waals surface area contributed by atoms with Crippen LogP contribution in [0.25, 0.3) is 0 Å². The van der Waals surface area contributed by atoms with Gasteiger partial charge in [-0.3, -0.25) is 0 Å². The van der Waals surface area contributed by atoms with Crippen molar-refractivity contribution in [3.63, 3.8) is 0 Å². The summed E-state index contributed by atoms with van der Waals surface area (Å²) >= 11 is 4.89. The van der Waals surface area contributed by atoms with E-state index >= 15 is 0 Å². The van der Waals surface area contributed by atoms with Gasteiger partial charge in [0.1, 0.15) is 0 Å². The van der Waals surface area contributed by atoms with E-state index in [9.17, 15) is 8.42 Å². The maximum Gasteiger partial charge on any atom is 0.280 e. The minimum absolute atomic E-state index is 0.260. The van der Waals surface area contributed by atoms with Gasteiger partial charge in [0, 0.05) is 13.1 Å². The third kappa shape index (κ3) is 3.10. The lowest BCUT2D eigenvalue weighted by molar-refractivity contribution is 0.303. The lowest BCUT2D eigenvalue weighted by Gasteiger charge is -2.33. The highest BCUT2D eigenvalue weighted by Gasteiger charge is 2.33. The number of hydrogen-bond acceptors (Lipinski definition) is 3. The first-order chi connectivity index (χ1) is 6.99. The zero-order chi connectivity index (χ0) is 11.5. The van der Waals surface area contributed by atoms with Gasteiger partial charge in [0.2, 0.25) is 0 Å². The highest BCUT2D eigenvalue weighted by molar-refractivity contribution is 7.87. The van der Waals surface area contributed by atoms with Crippen LogP contribution in [0.5, 0.6) is 0 Å². The molecule has 0 aromatic heterocycles. The first-order valence-corrected chi connectivity index (χ1v) is 6.89. The average molecular weight is 251 g/mol. The Bertz CT molecular complexity index is 329. The summed E-state index contributed by atoms with van der Waals surface area (Å²) in [4.78, 5) is 0.260. The first kappa shape index (κ1) is 12.8. The van der Waals surface area contributed by atoms with Crippen LogP contribution in [0.4, 0.5) is 0 Å². The van der Waals surface area contributed by atoms with Crippen molar-refractivity contribution in [3.8, 4) is 0 Å². The minimum Gasteiger partial charge on any atom is -0.392 e. The minimum atomic E-state index is -3.41. The third-order valence-electron chi connectivity index (χ3n) is 2.42. The predicted molar refractivity (Wildman–Crippen MR) is 63.7 cm³/mol. The molecule has 1 aliphatic rings. The summed E-state index contributed by atoms with van der Waals surface area (Å²) in [6.45, 7) is 2.62. The number of nitrogens with one attached hydrogen (secondary N) is 1. The molecule has 0 aliphatic carbocycles. The molecule has 3 N–H and O–H groups in total. The lowest BCUT2D eigenvalue weighted by atomic mass is 10.1. The molecule has 1 atom stereocenters. The van der Waals surface area contributed by atoms with Crippen LogP contribution in [0.15, 0.2) is 0 Å². The van der Waals surface area contributed by atoms with Crippen LogP contribution in [0.1, 0.15) is 26.2 Å². The van der Waals surface area contributed by atoms with E-state index in [4.69, 9.17) is 18.0 Å². The van der Waals surface area contributed by atoms with Crippen molar-refractivity contribution in [1.29, 1.82) is 0 Å². The number of rotatable bonds is 4. The van der Waals surface area contributed by atoms with Crippen molar-refractivity contribution in [2.24, 2.45) is 5.73 Å². The Balaban J connectivity index is 2.85. The van der Waals surface area contributed by atoms with Crippen LogP contribution in [-0.2, 0) is 10.2 Å². The van der Waals surface area contributed by atoms with Gasteiger partial charge in [0.15, 0.2) is 0 Å². The molecular weight excluding hydrogens is 234 g/mol. The van der Waals surface area contributed by atoms with Crippen LogP contribution in [0.2, 0.25) is 0 Å². The predicted octanol–water partition coefficient (Wildman–Crippen LogP) is -0.0187. The summed E-state index contributed by atoms with van der Waals surface area (Å²) in [5, 5.41) is 0. The Kier molecular flexibility index (Phi) is 4.45. The van der Waals surface area contributed by atoms with Crippen molar-refractivity contribution < 1.29 is 8.42 Å². The normalized spacial score (nSPS) is 23.9. The van der Waals surface area contributed by atoms with Crippen molar-refractivity contribution in [3.05, 3.63) is 0 Å². The SMILES string of the molecule is CCNS(=O)(=O)N1CCCCC1C(N)=S. The Hall–Kier alpha value is -0.240. The van der Waals surface area contributed by atoms with Gasteiger partial charge < -0.3 is 5.73 Å². The molecule has 1 rings (SSSR count). The lowest BCUT2D eigenvalue weighted by Crippen LogP contribution is -2.53. The highest BCUT2D eigenvalue weighted by atomic mass is 32.2. The molecule has 1 heterocycles. The number of nitrogens with two attached hydrogens (primary N) is 1. The fourth-order valence-electron chi connectivity index (χ4n) is 1.74. The zero-order valence-electron chi connectivity index (χ0n) is 8.77. The molecule has 0 radical (unpaired) electrons. The Morgan fingerprint density at radius 2 is 2.27 bits per heavy atom. The molecule has 1 aliphatic heterocycles. The molecule has 0 aromatic rings. The molecule has 5 nitrogen and oxygen atoms in total. The topological polar surface area (TPSA) is 75.4 Å². The summed E-state index contributed by atoms with van der Waals surface area (Å²) in [6, 6.07) is -0.321. The smallest absolute Gasteiger partial charge is 0.280 e. The third-order valence-corrected chi connectivity index (χ3v) is 4.40. The van der Waals surface area contributed by atoms with Crippen molar-refractivity contribution in [1.82, 2.24) is 9.03 Å². The highest BCUT2D eigenvalue weighted by Crippen LogP contribution is 2.19. The summed E-state index contributed by atoms with van der Waals surface area (Å²) in [5.74, 6) is 0. The Morgan fingerprint density at radius 1 is 1.60 bits per heavy atom. The quantitative estimate of drug-likeness (QED) is 0.689. The fourth-order valence-corrected chi connectivity index (χ4v) is 3.51. The number of piperidine rings is 1. The van der Waals surface area contributed by atoms with Crippen molar-refractivity contribution in [2.75, 3.05) is 13.1 Å². The molecule has 0 amide bonds. The number of hydrogen-bond donors (Lipinski definition) is 2. The van der Waals surface area contributed by atoms with E-state index in [-0.39, 0.29) is 11.0 Å². The van der Waals surface area contributed by atoms with Gasteiger partial charge in [-0.15, -0.1) is 0 Å². The fraction of sp³-hybridized carbons (Fsp3) is 0.875. The van der Waals surface area contributed by atoms with Gasteiger partial charge in [-0.05, 0) is 12.8 Å². The Morgan fingerprint density at radius 3 is 2.80 bits per heavy atom. The second-order valence-corrected chi connectivity index (χ2v) is 5.71. The summed E-state index contributed by atoms with van der Waals surface area (Å²) < 4.78 is 27.4. The van der Waals surface area contributed by atoms with E-state index < -0.39 is 10.2 Å². The van der Waals surface area contributed by atoms with E-state index in [1.54, 1.807) is 6.92 Å². The molecular formula is C8H17N3O2S2. The molecule has 0 aromatic carbocycles. The van der Waals surface area contributed by atoms with Gasteiger partial charge in [-0.2, -0.15) is 12.7 Å². The summed E-state index contributed by atoms with van der Waals surface area (Å²) in [5.41, 5.74) is 5.55. The number of thiocarbonyl (C=S) groups is 1. The largest absolute Gasteiger partial charge is 0.392 e. The standard InChI is InChI=1S/C8H17N3O2S2/c1-2-10-15(12,13)11-6-4-3-5-7(11)8(9)14/h7,10H,2-6H2,1H3,(H2,9,14). The molecule has 15 heavy (non-hydrogen) atoms. The van der Waals surface area contributed by atoms with Crippen LogP contribution >= 0.6 is 12.2 Å². The van der Waals surface area contributed by atoms with Crippen LogP contribution in [-0.4, -0.2) is 36.8 Å². The molecule has 0 saturated carbocycles. The molecule has 1 fully saturated rings. The molecule has 1 saturated heterocycles. The van der Waals surface area contributed by atoms with Crippen molar-refractivity contribution >= 4 is 27.4 Å². The van der Waals surface area contributed by atoms with E-state index in [0.717, 1.165) is 19.3 Å². The molecule has 1 unspecified atom stereocenters. The second-order valence-electron chi connectivity index (χ2n) is 3.53. The Labute approximate surface area is 96.2 Å². The molecule has 7 heteroatoms. The van der Waals surface area contributed by atoms with Gasteiger partial charge in [-0.25, -0.2) is 4.72 Å². The zero-order valence-corrected chi connectivity index (χ0v) is 10.4.